The van der Waals surface area contributed by atoms with E-state index in [1.807, 2.05) is 37.3 Å². The van der Waals surface area contributed by atoms with Gasteiger partial charge in [-0.25, -0.2) is 0 Å². The normalized spacial score (nSPS) is 13.9. The standard InChI is InChI=1S/C13H21N3O2Si/c1-12(10-14-15-11-17-19(2,3)4)18-16-13-8-6-5-7-9-13/h5-12,16H,1-4H3/b14-10-,15-11+/t12-/m0/s1. The molecule has 0 heterocycles. The molecular weight excluding hydrogens is 258 g/mol. The van der Waals surface area contributed by atoms with Crippen molar-refractivity contribution in [3.05, 3.63) is 30.3 Å². The average molecular weight is 279 g/mol. The van der Waals surface area contributed by atoms with Crippen LogP contribution in [0.15, 0.2) is 40.5 Å². The third-order valence-electron chi connectivity index (χ3n) is 1.93. The first kappa shape index (κ1) is 15.4. The van der Waals surface area contributed by atoms with Gasteiger partial charge in [-0.1, -0.05) is 18.2 Å². The fourth-order valence-corrected chi connectivity index (χ4v) is 1.40. The molecule has 5 nitrogen and oxygen atoms in total. The minimum atomic E-state index is -1.56. The summed E-state index contributed by atoms with van der Waals surface area (Å²) in [5, 5.41) is 7.66. The average Bonchev–Trinajstić information content (AvgIpc) is 2.36. The summed E-state index contributed by atoms with van der Waals surface area (Å²) in [5.74, 6) is 0. The van der Waals surface area contributed by atoms with Gasteiger partial charge in [0.05, 0.1) is 11.9 Å². The van der Waals surface area contributed by atoms with Crippen LogP contribution in [0.1, 0.15) is 6.92 Å². The second-order valence-electron chi connectivity index (χ2n) is 5.01. The third-order valence-corrected chi connectivity index (χ3v) is 2.75. The van der Waals surface area contributed by atoms with Gasteiger partial charge in [0.1, 0.15) is 6.10 Å². The Hall–Kier alpha value is -1.66. The number of hydrogen-bond donors (Lipinski definition) is 1. The van der Waals surface area contributed by atoms with Crippen molar-refractivity contribution in [3.8, 4) is 0 Å². The lowest BCUT2D eigenvalue weighted by Crippen LogP contribution is -2.24. The van der Waals surface area contributed by atoms with Gasteiger partial charge < -0.3 is 4.43 Å². The van der Waals surface area contributed by atoms with Crippen molar-refractivity contribution < 1.29 is 9.26 Å². The first-order valence-electron chi connectivity index (χ1n) is 6.17. The maximum atomic E-state index is 5.42. The maximum absolute atomic E-state index is 5.42. The molecule has 19 heavy (non-hydrogen) atoms. The molecule has 1 atom stereocenters. The minimum Gasteiger partial charge on any atom is -0.535 e. The molecule has 0 aromatic heterocycles. The van der Waals surface area contributed by atoms with Crippen molar-refractivity contribution in [3.63, 3.8) is 0 Å². The smallest absolute Gasteiger partial charge is 0.243 e. The molecule has 0 aliphatic heterocycles. The number of nitrogens with one attached hydrogen (secondary N) is 1. The van der Waals surface area contributed by atoms with Crippen LogP contribution >= 0.6 is 0 Å². The van der Waals surface area contributed by atoms with Gasteiger partial charge in [0, 0.05) is 0 Å². The topological polar surface area (TPSA) is 55.2 Å². The number of para-hydroxylation sites is 1. The molecule has 0 saturated heterocycles. The number of benzene rings is 1. The molecule has 0 unspecified atom stereocenters. The second kappa shape index (κ2) is 7.70. The van der Waals surface area contributed by atoms with E-state index in [1.165, 1.54) is 6.40 Å². The molecule has 0 bridgehead atoms. The lowest BCUT2D eigenvalue weighted by Gasteiger charge is -2.13. The summed E-state index contributed by atoms with van der Waals surface area (Å²) in [6.45, 7) is 8.11. The van der Waals surface area contributed by atoms with Gasteiger partial charge >= 0.3 is 0 Å². The molecule has 6 heteroatoms. The summed E-state index contributed by atoms with van der Waals surface area (Å²) < 4.78 is 5.42. The van der Waals surface area contributed by atoms with E-state index in [9.17, 15) is 0 Å². The Kier molecular flexibility index (Phi) is 6.24. The van der Waals surface area contributed by atoms with Crippen LogP contribution in [0.5, 0.6) is 0 Å². The molecule has 0 aliphatic carbocycles. The van der Waals surface area contributed by atoms with Crippen LogP contribution in [0, 0.1) is 0 Å². The van der Waals surface area contributed by atoms with Gasteiger partial charge in [0.15, 0.2) is 6.40 Å². The quantitative estimate of drug-likeness (QED) is 0.361. The van der Waals surface area contributed by atoms with E-state index in [2.05, 4.69) is 35.3 Å². The zero-order chi connectivity index (χ0) is 14.1. The first-order valence-corrected chi connectivity index (χ1v) is 9.58. The molecule has 1 aromatic carbocycles. The zero-order valence-corrected chi connectivity index (χ0v) is 12.8. The number of nitrogens with zero attached hydrogens (tertiary/aromatic N) is 2. The number of rotatable bonds is 7. The van der Waals surface area contributed by atoms with Gasteiger partial charge in [-0.15, -0.1) is 5.10 Å². The van der Waals surface area contributed by atoms with Crippen molar-refractivity contribution in [1.29, 1.82) is 0 Å². The SMILES string of the molecule is C[C@@H](/C=N\N=C\O[Si](C)(C)C)ONc1ccccc1. The lowest BCUT2D eigenvalue weighted by molar-refractivity contribution is 0.170. The molecular formula is C13H21N3O2Si. The molecule has 1 N–H and O–H groups in total. The van der Waals surface area contributed by atoms with Crippen LogP contribution < -0.4 is 5.48 Å². The van der Waals surface area contributed by atoms with Crippen molar-refractivity contribution >= 4 is 26.6 Å². The van der Waals surface area contributed by atoms with Crippen LogP contribution in [0.3, 0.4) is 0 Å². The highest BCUT2D eigenvalue weighted by Crippen LogP contribution is 2.05. The van der Waals surface area contributed by atoms with Gasteiger partial charge in [-0.05, 0) is 38.7 Å². The summed E-state index contributed by atoms with van der Waals surface area (Å²) in [5.41, 5.74) is 3.74. The van der Waals surface area contributed by atoms with Crippen molar-refractivity contribution in [2.75, 3.05) is 5.48 Å². The summed E-state index contributed by atoms with van der Waals surface area (Å²) in [6, 6.07) is 9.65. The highest BCUT2D eigenvalue weighted by Gasteiger charge is 2.13. The van der Waals surface area contributed by atoms with Crippen molar-refractivity contribution in [1.82, 2.24) is 0 Å². The highest BCUT2D eigenvalue weighted by atomic mass is 28.4. The molecule has 0 fully saturated rings. The lowest BCUT2D eigenvalue weighted by atomic mass is 10.3. The van der Waals surface area contributed by atoms with E-state index in [-0.39, 0.29) is 6.10 Å². The molecule has 0 amide bonds. The predicted octanol–water partition coefficient (Wildman–Crippen LogP) is 3.28. The molecule has 0 spiro atoms. The number of anilines is 1. The molecule has 104 valence electrons. The Balaban J connectivity index is 2.25. The van der Waals surface area contributed by atoms with Gasteiger partial charge in [-0.2, -0.15) is 5.10 Å². The van der Waals surface area contributed by atoms with Crippen molar-refractivity contribution in [2.45, 2.75) is 32.7 Å². The van der Waals surface area contributed by atoms with Crippen LogP contribution in [0.4, 0.5) is 5.69 Å². The van der Waals surface area contributed by atoms with E-state index in [0.717, 1.165) is 5.69 Å². The minimum absolute atomic E-state index is 0.191. The maximum Gasteiger partial charge on any atom is 0.243 e. The second-order valence-corrected chi connectivity index (χ2v) is 9.47. The van der Waals surface area contributed by atoms with Crippen LogP contribution in [0.25, 0.3) is 0 Å². The predicted molar refractivity (Wildman–Crippen MR) is 82.0 cm³/mol. The Morgan fingerprint density at radius 2 is 1.84 bits per heavy atom. The Bertz CT molecular complexity index is 416. The molecule has 1 aromatic rings. The summed E-state index contributed by atoms with van der Waals surface area (Å²) in [7, 11) is -1.56. The summed E-state index contributed by atoms with van der Waals surface area (Å²) in [4.78, 5) is 5.37. The van der Waals surface area contributed by atoms with E-state index in [0.29, 0.717) is 0 Å². The zero-order valence-electron chi connectivity index (χ0n) is 11.8. The van der Waals surface area contributed by atoms with E-state index >= 15 is 0 Å². The van der Waals surface area contributed by atoms with E-state index in [4.69, 9.17) is 9.26 Å². The van der Waals surface area contributed by atoms with E-state index in [1.54, 1.807) is 6.21 Å². The molecule has 1 rings (SSSR count). The summed E-state index contributed by atoms with van der Waals surface area (Å²) in [6.07, 6.45) is 2.80. The van der Waals surface area contributed by atoms with Gasteiger partial charge in [0.25, 0.3) is 0 Å². The Morgan fingerprint density at radius 3 is 2.47 bits per heavy atom. The fourth-order valence-electron chi connectivity index (χ4n) is 1.04. The van der Waals surface area contributed by atoms with Crippen LogP contribution in [0.2, 0.25) is 19.6 Å². The monoisotopic (exact) mass is 279 g/mol. The first-order chi connectivity index (χ1) is 8.97. The molecule has 0 aliphatic rings. The third kappa shape index (κ3) is 8.12. The van der Waals surface area contributed by atoms with Crippen LogP contribution in [-0.4, -0.2) is 27.0 Å². The fraction of sp³-hybridized carbons (Fsp3) is 0.385. The number of hydrogen-bond acceptors (Lipinski definition) is 5. The Labute approximate surface area is 115 Å². The van der Waals surface area contributed by atoms with Gasteiger partial charge in [-0.3, -0.25) is 10.3 Å². The van der Waals surface area contributed by atoms with Crippen LogP contribution in [-0.2, 0) is 9.26 Å². The highest BCUT2D eigenvalue weighted by molar-refractivity contribution is 6.70. The largest absolute Gasteiger partial charge is 0.535 e. The molecule has 0 saturated carbocycles. The van der Waals surface area contributed by atoms with E-state index < -0.39 is 8.32 Å². The van der Waals surface area contributed by atoms with Gasteiger partial charge in [0.2, 0.25) is 8.32 Å². The van der Waals surface area contributed by atoms with Crippen molar-refractivity contribution in [2.24, 2.45) is 10.2 Å². The summed E-state index contributed by atoms with van der Waals surface area (Å²) >= 11 is 0. The Morgan fingerprint density at radius 1 is 1.16 bits per heavy atom. The molecule has 0 radical (unpaired) electrons.